The number of hydrogen-bond acceptors (Lipinski definition) is 2. The van der Waals surface area contributed by atoms with E-state index in [1.807, 2.05) is 0 Å². The highest BCUT2D eigenvalue weighted by Crippen LogP contribution is 1.97. The summed E-state index contributed by atoms with van der Waals surface area (Å²) in [5.74, 6) is 0. The molecule has 92 valence electrons. The highest BCUT2D eigenvalue weighted by molar-refractivity contribution is 4.40. The van der Waals surface area contributed by atoms with E-state index in [1.165, 1.54) is 25.7 Å². The van der Waals surface area contributed by atoms with Crippen LogP contribution in [-0.4, -0.2) is 20.3 Å². The smallest absolute Gasteiger partial charge is 0.0700 e. The molecule has 0 unspecified atom stereocenters. The third kappa shape index (κ3) is 24.9. The summed E-state index contributed by atoms with van der Waals surface area (Å²) in [4.78, 5) is 0. The van der Waals surface area contributed by atoms with Crippen LogP contribution in [0, 0.1) is 14.0 Å². The Morgan fingerprint density at radius 2 is 1.60 bits per heavy atom. The molecule has 0 bridgehead atoms. The van der Waals surface area contributed by atoms with E-state index in [2.05, 4.69) is 25.7 Å². The minimum absolute atomic E-state index is 0.819. The second-order valence-electron chi connectivity index (χ2n) is 3.52. The van der Waals surface area contributed by atoms with E-state index in [1.54, 1.807) is 7.11 Å². The Morgan fingerprint density at radius 3 is 2.07 bits per heavy atom. The molecule has 0 aliphatic heterocycles. The normalized spacial score (nSPS) is 9.60. The van der Waals surface area contributed by atoms with Gasteiger partial charge in [0.2, 0.25) is 0 Å². The Bertz CT molecular complexity index is 74.6. The number of unbranched alkanes of at least 4 members (excludes halogenated alkanes) is 5. The first-order chi connectivity index (χ1) is 7.33. The fraction of sp³-hybridized carbons (Fsp3) is 0.846. The molecule has 0 spiro atoms. The minimum Gasteiger partial charge on any atom is -0.385 e. The van der Waals surface area contributed by atoms with Crippen molar-refractivity contribution in [1.82, 2.24) is 0 Å². The molecule has 0 saturated carbocycles. The van der Waals surface area contributed by atoms with Crippen molar-refractivity contribution in [3.8, 4) is 0 Å². The third-order valence-corrected chi connectivity index (χ3v) is 1.99. The lowest BCUT2D eigenvalue weighted by Crippen LogP contribution is -1.85. The molecular weight excluding hydrogens is 188 g/mol. The lowest BCUT2D eigenvalue weighted by atomic mass is 10.2. The largest absolute Gasteiger partial charge is 0.385 e. The molecule has 0 N–H and O–H groups in total. The van der Waals surface area contributed by atoms with Gasteiger partial charge in [-0.3, -0.25) is 0 Å². The van der Waals surface area contributed by atoms with Crippen LogP contribution in [0.5, 0.6) is 0 Å². The van der Waals surface area contributed by atoms with Crippen molar-refractivity contribution >= 4 is 0 Å². The number of methoxy groups -OCH3 is 1. The molecule has 2 heteroatoms. The van der Waals surface area contributed by atoms with Crippen LogP contribution in [0.1, 0.15) is 51.9 Å². The highest BCUT2D eigenvalue weighted by atomic mass is 16.5. The number of rotatable bonds is 9. The fourth-order valence-electron chi connectivity index (χ4n) is 1.05. The lowest BCUT2D eigenvalue weighted by Gasteiger charge is -1.94. The molecule has 2 radical (unpaired) electrons. The summed E-state index contributed by atoms with van der Waals surface area (Å²) < 4.78 is 9.45. The van der Waals surface area contributed by atoms with Gasteiger partial charge in [0.15, 0.2) is 0 Å². The Kier molecular flexibility index (Phi) is 22.5. The van der Waals surface area contributed by atoms with Crippen molar-refractivity contribution in [1.29, 1.82) is 0 Å². The average molecular weight is 216 g/mol. The molecule has 2 nitrogen and oxygen atoms in total. The first-order valence-corrected chi connectivity index (χ1v) is 5.98. The molecule has 0 saturated heterocycles. The topological polar surface area (TPSA) is 18.5 Å². The predicted molar refractivity (Wildman–Crippen MR) is 66.5 cm³/mol. The maximum Gasteiger partial charge on any atom is 0.0700 e. The van der Waals surface area contributed by atoms with E-state index >= 15 is 0 Å². The molecule has 0 atom stereocenters. The van der Waals surface area contributed by atoms with E-state index < -0.39 is 0 Å². The second-order valence-corrected chi connectivity index (χ2v) is 3.52. The zero-order valence-electron chi connectivity index (χ0n) is 10.6. The molecule has 0 aliphatic carbocycles. The lowest BCUT2D eigenvalue weighted by molar-refractivity contribution is 0.193. The fourth-order valence-corrected chi connectivity index (χ4v) is 1.05. The van der Waals surface area contributed by atoms with Gasteiger partial charge in [-0.1, -0.05) is 46.0 Å². The van der Waals surface area contributed by atoms with E-state index in [-0.39, 0.29) is 0 Å². The van der Waals surface area contributed by atoms with Gasteiger partial charge in [-0.15, -0.1) is 0 Å². The standard InChI is InChI=1S/C7H15O.C6H13O/c1-3-4-5-6-7-8-2;1-3-4-5-6-7-2/h2-7H2,1H3;1,3-6H2,2H3. The maximum atomic E-state index is 4.82. The van der Waals surface area contributed by atoms with Crippen LogP contribution in [0.4, 0.5) is 0 Å². The van der Waals surface area contributed by atoms with E-state index in [0.717, 1.165) is 32.5 Å². The Labute approximate surface area is 96.4 Å². The highest BCUT2D eigenvalue weighted by Gasteiger charge is 1.83. The van der Waals surface area contributed by atoms with E-state index in [4.69, 9.17) is 4.74 Å². The summed E-state index contributed by atoms with van der Waals surface area (Å²) in [7, 11) is 5.01. The molecule has 0 aromatic rings. The van der Waals surface area contributed by atoms with E-state index in [9.17, 15) is 0 Å². The SMILES string of the molecule is [CH2]CCCCOC.[CH2]OCCCCCC. The summed E-state index contributed by atoms with van der Waals surface area (Å²) in [6.45, 7) is 7.61. The van der Waals surface area contributed by atoms with Crippen molar-refractivity contribution in [3.63, 3.8) is 0 Å². The summed E-state index contributed by atoms with van der Waals surface area (Å²) in [6, 6.07) is 0. The number of ether oxygens (including phenoxy) is 2. The van der Waals surface area contributed by atoms with Gasteiger partial charge in [0.1, 0.15) is 0 Å². The predicted octanol–water partition coefficient (Wildman–Crippen LogP) is 4.01. The zero-order valence-corrected chi connectivity index (χ0v) is 10.6. The molecule has 0 amide bonds. The molecule has 0 fully saturated rings. The van der Waals surface area contributed by atoms with Gasteiger partial charge >= 0.3 is 0 Å². The molecule has 0 rings (SSSR count). The first-order valence-electron chi connectivity index (χ1n) is 5.98. The first kappa shape index (κ1) is 17.3. The van der Waals surface area contributed by atoms with Crippen LogP contribution >= 0.6 is 0 Å². The van der Waals surface area contributed by atoms with Crippen molar-refractivity contribution in [3.05, 3.63) is 14.0 Å². The van der Waals surface area contributed by atoms with Gasteiger partial charge in [0.25, 0.3) is 0 Å². The van der Waals surface area contributed by atoms with E-state index in [0.29, 0.717) is 0 Å². The summed E-state index contributed by atoms with van der Waals surface area (Å²) >= 11 is 0. The molecule has 0 aromatic heterocycles. The van der Waals surface area contributed by atoms with Crippen LogP contribution in [0.2, 0.25) is 0 Å². The van der Waals surface area contributed by atoms with Gasteiger partial charge in [-0.25, -0.2) is 0 Å². The average Bonchev–Trinajstić information content (AvgIpc) is 2.26. The molecule has 0 aliphatic rings. The van der Waals surface area contributed by atoms with Gasteiger partial charge in [-0.2, -0.15) is 0 Å². The van der Waals surface area contributed by atoms with Crippen molar-refractivity contribution in [2.45, 2.75) is 51.9 Å². The van der Waals surface area contributed by atoms with Crippen LogP contribution in [-0.2, 0) is 9.47 Å². The maximum absolute atomic E-state index is 4.82. The van der Waals surface area contributed by atoms with Gasteiger partial charge < -0.3 is 9.47 Å². The van der Waals surface area contributed by atoms with Gasteiger partial charge in [0.05, 0.1) is 7.11 Å². The van der Waals surface area contributed by atoms with Crippen LogP contribution in [0.3, 0.4) is 0 Å². The Hall–Kier alpha value is -0.0800. The molecule has 0 heterocycles. The van der Waals surface area contributed by atoms with Gasteiger partial charge in [-0.05, 0) is 12.8 Å². The molecule has 0 aromatic carbocycles. The second kappa shape index (κ2) is 19.5. The summed E-state index contributed by atoms with van der Waals surface area (Å²) in [5.41, 5.74) is 0. The summed E-state index contributed by atoms with van der Waals surface area (Å²) in [6.07, 6.45) is 8.43. The summed E-state index contributed by atoms with van der Waals surface area (Å²) in [5, 5.41) is 0. The molecular formula is C13H28O2. The zero-order chi connectivity index (χ0) is 11.8. The van der Waals surface area contributed by atoms with Crippen molar-refractivity contribution < 1.29 is 9.47 Å². The van der Waals surface area contributed by atoms with Gasteiger partial charge in [0, 0.05) is 20.3 Å². The van der Waals surface area contributed by atoms with Crippen molar-refractivity contribution in [2.24, 2.45) is 0 Å². The Balaban J connectivity index is 0. The van der Waals surface area contributed by atoms with Crippen molar-refractivity contribution in [2.75, 3.05) is 20.3 Å². The van der Waals surface area contributed by atoms with Crippen LogP contribution < -0.4 is 0 Å². The monoisotopic (exact) mass is 216 g/mol. The van der Waals surface area contributed by atoms with Crippen LogP contribution in [0.15, 0.2) is 0 Å². The third-order valence-electron chi connectivity index (χ3n) is 1.99. The number of hydrogen-bond donors (Lipinski definition) is 0. The quantitative estimate of drug-likeness (QED) is 0.542. The molecule has 15 heavy (non-hydrogen) atoms. The minimum atomic E-state index is 0.819. The Morgan fingerprint density at radius 1 is 0.933 bits per heavy atom. The van der Waals surface area contributed by atoms with Crippen LogP contribution in [0.25, 0.3) is 0 Å².